The zero-order valence-corrected chi connectivity index (χ0v) is 18.3. The van der Waals surface area contributed by atoms with E-state index in [0.717, 1.165) is 11.1 Å². The number of anilines is 2. The minimum atomic E-state index is -0.577. The van der Waals surface area contributed by atoms with Crippen molar-refractivity contribution in [1.29, 1.82) is 0 Å². The second kappa shape index (κ2) is 8.82. The number of para-hydroxylation sites is 2. The van der Waals surface area contributed by atoms with Crippen molar-refractivity contribution >= 4 is 11.4 Å². The van der Waals surface area contributed by atoms with Crippen molar-refractivity contribution < 1.29 is 18.3 Å². The van der Waals surface area contributed by atoms with E-state index < -0.39 is 17.0 Å². The lowest BCUT2D eigenvalue weighted by molar-refractivity contribution is 0.442. The maximum atomic E-state index is 13.9. The average molecular weight is 446 g/mol. The molecule has 0 radical (unpaired) electrons. The van der Waals surface area contributed by atoms with E-state index in [1.165, 1.54) is 24.3 Å². The summed E-state index contributed by atoms with van der Waals surface area (Å²) in [6, 6.07) is 23.7. The standard InChI is InChI=1S/C27H24F2N2O2/c1-27(2,19-7-3-5-9-25(19)32-17-11-13-23(30)21(28)15-17)20-8-4-6-10-26(20)33-18-12-14-24(31)22(29)16-18/h3-16H,30-31H2,1-2H3. The number of nitrogen functional groups attached to an aromatic ring is 2. The van der Waals surface area contributed by atoms with Crippen LogP contribution >= 0.6 is 0 Å². The van der Waals surface area contributed by atoms with Gasteiger partial charge in [-0.1, -0.05) is 50.2 Å². The highest BCUT2D eigenvalue weighted by Crippen LogP contribution is 2.43. The molecule has 0 spiro atoms. The molecule has 0 aliphatic rings. The topological polar surface area (TPSA) is 70.5 Å². The van der Waals surface area contributed by atoms with Crippen LogP contribution in [-0.2, 0) is 5.41 Å². The normalized spacial score (nSPS) is 11.3. The molecule has 4 aromatic carbocycles. The Kier molecular flexibility index (Phi) is 5.92. The Bertz CT molecular complexity index is 1210. The van der Waals surface area contributed by atoms with Crippen LogP contribution in [0.4, 0.5) is 20.2 Å². The first-order valence-corrected chi connectivity index (χ1v) is 10.4. The molecule has 0 heterocycles. The van der Waals surface area contributed by atoms with Crippen molar-refractivity contribution in [1.82, 2.24) is 0 Å². The van der Waals surface area contributed by atoms with Crippen molar-refractivity contribution in [2.45, 2.75) is 19.3 Å². The molecule has 4 nitrogen and oxygen atoms in total. The van der Waals surface area contributed by atoms with Gasteiger partial charge in [-0.15, -0.1) is 0 Å². The molecular weight excluding hydrogens is 422 g/mol. The van der Waals surface area contributed by atoms with Crippen LogP contribution in [0.3, 0.4) is 0 Å². The predicted octanol–water partition coefficient (Wildman–Crippen LogP) is 7.04. The van der Waals surface area contributed by atoms with Gasteiger partial charge in [0.1, 0.15) is 34.6 Å². The van der Waals surface area contributed by atoms with Crippen molar-refractivity contribution in [3.05, 3.63) is 108 Å². The van der Waals surface area contributed by atoms with E-state index in [0.29, 0.717) is 23.0 Å². The number of nitrogens with two attached hydrogens (primary N) is 2. The molecular formula is C27H24F2N2O2. The van der Waals surface area contributed by atoms with Gasteiger partial charge in [-0.25, -0.2) is 8.78 Å². The van der Waals surface area contributed by atoms with E-state index in [4.69, 9.17) is 20.9 Å². The second-order valence-corrected chi connectivity index (χ2v) is 8.19. The predicted molar refractivity (Wildman–Crippen MR) is 127 cm³/mol. The summed E-state index contributed by atoms with van der Waals surface area (Å²) in [5.74, 6) is 0.733. The lowest BCUT2D eigenvalue weighted by Gasteiger charge is -2.30. The Labute approximate surface area is 191 Å². The van der Waals surface area contributed by atoms with Crippen molar-refractivity contribution in [3.63, 3.8) is 0 Å². The number of rotatable bonds is 6. The molecule has 0 aliphatic carbocycles. The van der Waals surface area contributed by atoms with Gasteiger partial charge in [0, 0.05) is 28.7 Å². The summed E-state index contributed by atoms with van der Waals surface area (Å²) in [4.78, 5) is 0. The monoisotopic (exact) mass is 446 g/mol. The van der Waals surface area contributed by atoms with Crippen molar-refractivity contribution in [3.8, 4) is 23.0 Å². The third-order valence-corrected chi connectivity index (χ3v) is 5.52. The van der Waals surface area contributed by atoms with Crippen molar-refractivity contribution in [2.75, 3.05) is 11.5 Å². The van der Waals surface area contributed by atoms with Crippen LogP contribution in [0, 0.1) is 11.6 Å². The number of ether oxygens (including phenoxy) is 2. The average Bonchev–Trinajstić information content (AvgIpc) is 2.79. The van der Waals surface area contributed by atoms with Crippen LogP contribution < -0.4 is 20.9 Å². The Hall–Kier alpha value is -4.06. The molecule has 6 heteroatoms. The molecule has 0 amide bonds. The molecule has 0 aromatic heterocycles. The number of hydrogen-bond donors (Lipinski definition) is 2. The van der Waals surface area contributed by atoms with E-state index in [1.807, 2.05) is 62.4 Å². The SMILES string of the molecule is CC(C)(c1ccccc1Oc1ccc(N)c(F)c1)c1ccccc1Oc1ccc(N)c(F)c1. The molecule has 0 fully saturated rings. The van der Waals surface area contributed by atoms with Gasteiger partial charge in [-0.05, 0) is 36.4 Å². The van der Waals surface area contributed by atoms with Crippen LogP contribution in [0.5, 0.6) is 23.0 Å². The van der Waals surface area contributed by atoms with Gasteiger partial charge in [-0.3, -0.25) is 0 Å². The zero-order valence-electron chi connectivity index (χ0n) is 18.3. The lowest BCUT2D eigenvalue weighted by Crippen LogP contribution is -2.20. The third kappa shape index (κ3) is 4.60. The fraction of sp³-hybridized carbons (Fsp3) is 0.111. The molecule has 4 N–H and O–H groups in total. The molecule has 0 bridgehead atoms. The fourth-order valence-electron chi connectivity index (χ4n) is 3.69. The van der Waals surface area contributed by atoms with Gasteiger partial charge < -0.3 is 20.9 Å². The van der Waals surface area contributed by atoms with E-state index >= 15 is 0 Å². The Morgan fingerprint density at radius 2 is 1.00 bits per heavy atom. The van der Waals surface area contributed by atoms with Crippen LogP contribution in [0.15, 0.2) is 84.9 Å². The van der Waals surface area contributed by atoms with Crippen LogP contribution in [0.1, 0.15) is 25.0 Å². The summed E-state index contributed by atoms with van der Waals surface area (Å²) in [5, 5.41) is 0. The molecule has 0 aliphatic heterocycles. The quantitative estimate of drug-likeness (QED) is 0.312. The highest BCUT2D eigenvalue weighted by atomic mass is 19.1. The van der Waals surface area contributed by atoms with E-state index in [2.05, 4.69) is 0 Å². The van der Waals surface area contributed by atoms with Crippen LogP contribution in [-0.4, -0.2) is 0 Å². The van der Waals surface area contributed by atoms with E-state index in [1.54, 1.807) is 12.1 Å². The summed E-state index contributed by atoms with van der Waals surface area (Å²) in [5.41, 5.74) is 12.4. The fourth-order valence-corrected chi connectivity index (χ4v) is 3.69. The lowest BCUT2D eigenvalue weighted by atomic mass is 9.77. The van der Waals surface area contributed by atoms with E-state index in [-0.39, 0.29) is 11.4 Å². The van der Waals surface area contributed by atoms with Gasteiger partial charge in [0.2, 0.25) is 0 Å². The highest BCUT2D eigenvalue weighted by Gasteiger charge is 2.30. The molecule has 168 valence electrons. The maximum absolute atomic E-state index is 13.9. The molecule has 4 rings (SSSR count). The highest BCUT2D eigenvalue weighted by molar-refractivity contribution is 5.53. The van der Waals surface area contributed by atoms with Gasteiger partial charge in [-0.2, -0.15) is 0 Å². The van der Waals surface area contributed by atoms with Crippen LogP contribution in [0.2, 0.25) is 0 Å². The molecule has 0 saturated carbocycles. The van der Waals surface area contributed by atoms with Gasteiger partial charge in [0.25, 0.3) is 0 Å². The molecule has 4 aromatic rings. The molecule has 33 heavy (non-hydrogen) atoms. The smallest absolute Gasteiger partial charge is 0.149 e. The summed E-state index contributed by atoms with van der Waals surface area (Å²) >= 11 is 0. The second-order valence-electron chi connectivity index (χ2n) is 8.19. The Morgan fingerprint density at radius 1 is 0.606 bits per heavy atom. The maximum Gasteiger partial charge on any atom is 0.149 e. The summed E-state index contributed by atoms with van der Waals surface area (Å²) in [6.45, 7) is 4.06. The third-order valence-electron chi connectivity index (χ3n) is 5.52. The minimum absolute atomic E-state index is 0.0566. The first kappa shape index (κ1) is 22.1. The van der Waals surface area contributed by atoms with E-state index in [9.17, 15) is 8.78 Å². The van der Waals surface area contributed by atoms with Crippen LogP contribution in [0.25, 0.3) is 0 Å². The Morgan fingerprint density at radius 3 is 1.39 bits per heavy atom. The molecule has 0 atom stereocenters. The minimum Gasteiger partial charge on any atom is -0.457 e. The number of benzene rings is 4. The summed E-state index contributed by atoms with van der Waals surface area (Å²) < 4.78 is 40.0. The molecule has 0 saturated heterocycles. The summed E-state index contributed by atoms with van der Waals surface area (Å²) in [7, 11) is 0. The Balaban J connectivity index is 1.72. The number of hydrogen-bond acceptors (Lipinski definition) is 4. The van der Waals surface area contributed by atoms with Gasteiger partial charge >= 0.3 is 0 Å². The largest absolute Gasteiger partial charge is 0.457 e. The van der Waals surface area contributed by atoms with Crippen molar-refractivity contribution in [2.24, 2.45) is 0 Å². The first-order chi connectivity index (χ1) is 15.8. The van der Waals surface area contributed by atoms with Gasteiger partial charge in [0.05, 0.1) is 11.4 Å². The summed E-state index contributed by atoms with van der Waals surface area (Å²) in [6.07, 6.45) is 0. The zero-order chi connectivity index (χ0) is 23.6. The first-order valence-electron chi connectivity index (χ1n) is 10.4. The van der Waals surface area contributed by atoms with Gasteiger partial charge in [0.15, 0.2) is 0 Å². The number of halogens is 2. The molecule has 0 unspecified atom stereocenters.